The molecule has 0 saturated carbocycles. The number of hydrogen-bond acceptors (Lipinski definition) is 3. The van der Waals surface area contributed by atoms with Crippen LogP contribution in [0.25, 0.3) is 11.0 Å². The van der Waals surface area contributed by atoms with Crippen molar-refractivity contribution in [3.05, 3.63) is 59.4 Å². The molecule has 0 fully saturated rings. The molecule has 0 saturated heterocycles. The van der Waals surface area contributed by atoms with Gasteiger partial charge >= 0.3 is 0 Å². The van der Waals surface area contributed by atoms with E-state index in [4.69, 9.17) is 5.73 Å². The van der Waals surface area contributed by atoms with E-state index >= 15 is 0 Å². The Labute approximate surface area is 119 Å². The van der Waals surface area contributed by atoms with Gasteiger partial charge in [-0.05, 0) is 30.2 Å². The summed E-state index contributed by atoms with van der Waals surface area (Å²) in [6.45, 7) is 0. The number of H-pyrrole nitrogens is 1. The van der Waals surface area contributed by atoms with Crippen LogP contribution in [0.4, 0.5) is 8.78 Å². The summed E-state index contributed by atoms with van der Waals surface area (Å²) >= 11 is 0. The van der Waals surface area contributed by atoms with E-state index in [0.717, 1.165) is 11.6 Å². The van der Waals surface area contributed by atoms with Crippen molar-refractivity contribution in [3.8, 4) is 5.75 Å². The smallest absolute Gasteiger partial charge is 0.153 e. The molecule has 21 heavy (non-hydrogen) atoms. The maximum Gasteiger partial charge on any atom is 0.153 e. The molecule has 3 aromatic rings. The van der Waals surface area contributed by atoms with Gasteiger partial charge in [-0.1, -0.05) is 12.1 Å². The van der Waals surface area contributed by atoms with Gasteiger partial charge in [-0.2, -0.15) is 0 Å². The van der Waals surface area contributed by atoms with Gasteiger partial charge in [0, 0.05) is 6.07 Å². The number of nitrogens with one attached hydrogen (secondary N) is 1. The summed E-state index contributed by atoms with van der Waals surface area (Å²) in [7, 11) is 0. The van der Waals surface area contributed by atoms with Crippen molar-refractivity contribution in [2.45, 2.75) is 12.5 Å². The lowest BCUT2D eigenvalue weighted by Gasteiger charge is -2.08. The summed E-state index contributed by atoms with van der Waals surface area (Å²) in [5.41, 5.74) is 7.31. The largest absolute Gasteiger partial charge is 0.508 e. The first-order valence-electron chi connectivity index (χ1n) is 6.41. The monoisotopic (exact) mass is 289 g/mol. The molecule has 0 aliphatic rings. The van der Waals surface area contributed by atoms with E-state index < -0.39 is 17.7 Å². The van der Waals surface area contributed by atoms with Crippen LogP contribution in [0.15, 0.2) is 36.4 Å². The maximum atomic E-state index is 13.6. The summed E-state index contributed by atoms with van der Waals surface area (Å²) in [6.07, 6.45) is 0.463. The van der Waals surface area contributed by atoms with Crippen LogP contribution in [0.1, 0.15) is 17.4 Å². The van der Waals surface area contributed by atoms with Crippen molar-refractivity contribution in [2.24, 2.45) is 5.73 Å². The second kappa shape index (κ2) is 5.14. The van der Waals surface area contributed by atoms with Crippen LogP contribution in [0.3, 0.4) is 0 Å². The quantitative estimate of drug-likeness (QED) is 0.694. The van der Waals surface area contributed by atoms with Gasteiger partial charge in [0.15, 0.2) is 5.82 Å². The molecule has 1 heterocycles. The van der Waals surface area contributed by atoms with Crippen molar-refractivity contribution in [2.75, 3.05) is 0 Å². The zero-order chi connectivity index (χ0) is 15.0. The van der Waals surface area contributed by atoms with Gasteiger partial charge in [0.1, 0.15) is 22.9 Å². The lowest BCUT2D eigenvalue weighted by Crippen LogP contribution is -2.14. The molecule has 3 rings (SSSR count). The highest BCUT2D eigenvalue weighted by Crippen LogP contribution is 2.22. The highest BCUT2D eigenvalue weighted by Gasteiger charge is 2.15. The number of phenolic OH excluding ortho intramolecular Hbond substituents is 1. The number of nitrogens with zero attached hydrogens (tertiary/aromatic N) is 1. The topological polar surface area (TPSA) is 74.9 Å². The fraction of sp³-hybridized carbons (Fsp3) is 0.133. The molecule has 1 unspecified atom stereocenters. The molecule has 0 spiro atoms. The van der Waals surface area contributed by atoms with E-state index in [-0.39, 0.29) is 16.8 Å². The first kappa shape index (κ1) is 13.5. The number of nitrogens with two attached hydrogens (primary N) is 1. The number of halogens is 2. The number of benzene rings is 2. The zero-order valence-electron chi connectivity index (χ0n) is 11.0. The number of phenols is 1. The van der Waals surface area contributed by atoms with Gasteiger partial charge in [0.25, 0.3) is 0 Å². The predicted molar refractivity (Wildman–Crippen MR) is 74.7 cm³/mol. The Morgan fingerprint density at radius 3 is 2.62 bits per heavy atom. The molecule has 1 atom stereocenters. The molecular formula is C15H13F2N3O. The first-order chi connectivity index (χ1) is 10.0. The van der Waals surface area contributed by atoms with Gasteiger partial charge in [0.2, 0.25) is 0 Å². The summed E-state index contributed by atoms with van der Waals surface area (Å²) < 4.78 is 26.8. The molecule has 108 valence electrons. The molecule has 2 aromatic carbocycles. The Hall–Kier alpha value is -2.47. The zero-order valence-corrected chi connectivity index (χ0v) is 11.0. The molecular weight excluding hydrogens is 276 g/mol. The average Bonchev–Trinajstić information content (AvgIpc) is 2.85. The van der Waals surface area contributed by atoms with Crippen LogP contribution in [0, 0.1) is 11.6 Å². The summed E-state index contributed by atoms with van der Waals surface area (Å²) in [6, 6.07) is 8.12. The Balaban J connectivity index is 1.89. The van der Waals surface area contributed by atoms with E-state index in [1.165, 1.54) is 6.07 Å². The van der Waals surface area contributed by atoms with Crippen molar-refractivity contribution in [1.82, 2.24) is 9.97 Å². The minimum atomic E-state index is -0.718. The Bertz CT molecular complexity index is 783. The number of imidazole rings is 1. The summed E-state index contributed by atoms with van der Waals surface area (Å²) in [4.78, 5) is 6.94. The average molecular weight is 289 g/mol. The Morgan fingerprint density at radius 2 is 1.90 bits per heavy atom. The van der Waals surface area contributed by atoms with Crippen LogP contribution in [0.5, 0.6) is 5.75 Å². The minimum absolute atomic E-state index is 0.0764. The summed E-state index contributed by atoms with van der Waals surface area (Å²) in [5, 5.41) is 9.23. The van der Waals surface area contributed by atoms with Crippen molar-refractivity contribution in [3.63, 3.8) is 0 Å². The fourth-order valence-electron chi connectivity index (χ4n) is 2.22. The van der Waals surface area contributed by atoms with E-state index in [1.54, 1.807) is 24.3 Å². The summed E-state index contributed by atoms with van der Waals surface area (Å²) in [5.74, 6) is -0.817. The van der Waals surface area contributed by atoms with Crippen LogP contribution >= 0.6 is 0 Å². The maximum absolute atomic E-state index is 13.6. The van der Waals surface area contributed by atoms with Crippen LogP contribution in [0.2, 0.25) is 0 Å². The molecule has 0 bridgehead atoms. The second-order valence-electron chi connectivity index (χ2n) is 4.88. The highest BCUT2D eigenvalue weighted by molar-refractivity contribution is 5.75. The van der Waals surface area contributed by atoms with Gasteiger partial charge < -0.3 is 15.8 Å². The van der Waals surface area contributed by atoms with Crippen LogP contribution < -0.4 is 5.73 Å². The van der Waals surface area contributed by atoms with Gasteiger partial charge in [0.05, 0.1) is 11.6 Å². The minimum Gasteiger partial charge on any atom is -0.508 e. The second-order valence-corrected chi connectivity index (χ2v) is 4.88. The molecule has 4 nitrogen and oxygen atoms in total. The van der Waals surface area contributed by atoms with Crippen LogP contribution in [-0.2, 0) is 6.42 Å². The van der Waals surface area contributed by atoms with E-state index in [2.05, 4.69) is 9.97 Å². The highest BCUT2D eigenvalue weighted by atomic mass is 19.1. The molecule has 4 N–H and O–H groups in total. The first-order valence-corrected chi connectivity index (χ1v) is 6.41. The van der Waals surface area contributed by atoms with Gasteiger partial charge in [-0.3, -0.25) is 0 Å². The number of fused-ring (bicyclic) bond motifs is 1. The molecule has 6 heteroatoms. The number of aromatic hydroxyl groups is 1. The van der Waals surface area contributed by atoms with Crippen molar-refractivity contribution < 1.29 is 13.9 Å². The number of hydrogen-bond donors (Lipinski definition) is 3. The third kappa shape index (κ3) is 2.71. The van der Waals surface area contributed by atoms with E-state index in [0.29, 0.717) is 12.2 Å². The number of rotatable bonds is 3. The van der Waals surface area contributed by atoms with Gasteiger partial charge in [-0.25, -0.2) is 13.8 Å². The number of aromatic amines is 1. The lowest BCUT2D eigenvalue weighted by molar-refractivity contribution is 0.475. The Kier molecular flexibility index (Phi) is 3.31. The molecule has 0 amide bonds. The van der Waals surface area contributed by atoms with Crippen molar-refractivity contribution in [1.29, 1.82) is 0 Å². The van der Waals surface area contributed by atoms with E-state index in [1.807, 2.05) is 0 Å². The number of aromatic nitrogens is 2. The SMILES string of the molecule is NC(Cc1ccc(O)cc1)c1nc2c(F)cc(F)cc2[nH]1. The molecule has 1 aromatic heterocycles. The van der Waals surface area contributed by atoms with Gasteiger partial charge in [-0.15, -0.1) is 0 Å². The standard InChI is InChI=1S/C15H13F2N3O/c16-9-6-11(17)14-13(7-9)19-15(20-14)12(18)5-8-1-3-10(21)4-2-8/h1-4,6-7,12,21H,5,18H2,(H,19,20). The fourth-order valence-corrected chi connectivity index (χ4v) is 2.22. The Morgan fingerprint density at radius 1 is 1.19 bits per heavy atom. The van der Waals surface area contributed by atoms with Crippen LogP contribution in [-0.4, -0.2) is 15.1 Å². The molecule has 0 aliphatic heterocycles. The molecule has 0 radical (unpaired) electrons. The molecule has 0 aliphatic carbocycles. The third-order valence-corrected chi connectivity index (χ3v) is 3.27. The predicted octanol–water partition coefficient (Wildman–Crippen LogP) is 2.79. The van der Waals surface area contributed by atoms with Crippen molar-refractivity contribution >= 4 is 11.0 Å². The van der Waals surface area contributed by atoms with E-state index in [9.17, 15) is 13.9 Å². The normalized spacial score (nSPS) is 12.7. The third-order valence-electron chi connectivity index (χ3n) is 3.27. The lowest BCUT2D eigenvalue weighted by atomic mass is 10.1.